The number of aliphatic hydroxyl groups is 2. The number of allylic oxidation sites excluding steroid dienone is 1. The molecule has 316 valence electrons. The molecule has 0 saturated heterocycles. The molecule has 3 N–H and O–H groups in total. The van der Waals surface area contributed by atoms with Crippen molar-refractivity contribution in [1.82, 2.24) is 10.2 Å². The van der Waals surface area contributed by atoms with Crippen molar-refractivity contribution in [2.45, 2.75) is 103 Å². The van der Waals surface area contributed by atoms with E-state index in [0.29, 0.717) is 48.1 Å². The van der Waals surface area contributed by atoms with Crippen LogP contribution in [0.25, 0.3) is 0 Å². The number of fused-ring (bicyclic) bond motifs is 3. The van der Waals surface area contributed by atoms with Gasteiger partial charge in [0.25, 0.3) is 0 Å². The molecule has 6 unspecified atom stereocenters. The van der Waals surface area contributed by atoms with Gasteiger partial charge in [-0.1, -0.05) is 36.2 Å². The Labute approximate surface area is 341 Å². The standard InChI is InChI=1S/C44H59N3O11/c1-7-21-55-44-38(47(42(51)52-6)26-28-15-17-36-37(22-28)54-27-53-36)25-34(46-58-43(3,4)5)32-23-29(13-9-11-19-48)31(14-10-12-20-49)39(40(32)44)33-24-30(16-18-35(33)57-44)56-41(50)45-8-2/h7,15-18,22-24,29,31,38-40,48-49H,1,8-14,19-21,25-27H2,2-6H3,(H,45,50). The van der Waals surface area contributed by atoms with E-state index < -0.39 is 35.5 Å². The van der Waals surface area contributed by atoms with Gasteiger partial charge in [-0.15, -0.1) is 6.58 Å². The highest BCUT2D eigenvalue weighted by molar-refractivity contribution is 6.03. The number of aliphatic hydroxyl groups excluding tert-OH is 2. The van der Waals surface area contributed by atoms with Crippen LogP contribution in [0.5, 0.6) is 23.0 Å². The van der Waals surface area contributed by atoms with E-state index in [0.717, 1.165) is 42.4 Å². The summed E-state index contributed by atoms with van der Waals surface area (Å²) >= 11 is 0. The second-order valence-corrected chi connectivity index (χ2v) is 16.2. The van der Waals surface area contributed by atoms with Crippen molar-refractivity contribution in [3.63, 3.8) is 0 Å². The molecule has 6 atom stereocenters. The van der Waals surface area contributed by atoms with E-state index in [1.807, 2.05) is 52.0 Å². The summed E-state index contributed by atoms with van der Waals surface area (Å²) in [6.07, 6.45) is 7.32. The highest BCUT2D eigenvalue weighted by Crippen LogP contribution is 2.62. The van der Waals surface area contributed by atoms with Crippen LogP contribution in [0.1, 0.15) is 89.7 Å². The van der Waals surface area contributed by atoms with Crippen molar-refractivity contribution in [2.24, 2.45) is 22.9 Å². The summed E-state index contributed by atoms with van der Waals surface area (Å²) in [6, 6.07) is 10.1. The number of benzene rings is 2. The lowest BCUT2D eigenvalue weighted by Crippen LogP contribution is -2.70. The van der Waals surface area contributed by atoms with E-state index in [-0.39, 0.29) is 57.3 Å². The number of nitrogens with one attached hydrogen (secondary N) is 1. The van der Waals surface area contributed by atoms with Gasteiger partial charge in [-0.2, -0.15) is 0 Å². The lowest BCUT2D eigenvalue weighted by atomic mass is 9.55. The molecule has 2 aromatic rings. The van der Waals surface area contributed by atoms with E-state index in [1.54, 1.807) is 23.1 Å². The van der Waals surface area contributed by atoms with Gasteiger partial charge in [0.1, 0.15) is 23.1 Å². The number of amides is 2. The van der Waals surface area contributed by atoms with E-state index in [2.05, 4.69) is 18.0 Å². The smallest absolute Gasteiger partial charge is 0.412 e. The molecular weight excluding hydrogens is 746 g/mol. The van der Waals surface area contributed by atoms with Gasteiger partial charge in [0.05, 0.1) is 25.3 Å². The molecule has 2 amide bonds. The zero-order valence-corrected chi connectivity index (χ0v) is 34.4. The van der Waals surface area contributed by atoms with Gasteiger partial charge in [0.15, 0.2) is 11.5 Å². The van der Waals surface area contributed by atoms with Crippen molar-refractivity contribution in [2.75, 3.05) is 40.3 Å². The normalized spacial score (nSPS) is 24.8. The first-order valence-electron chi connectivity index (χ1n) is 20.4. The molecule has 14 heteroatoms. The lowest BCUT2D eigenvalue weighted by molar-refractivity contribution is -0.256. The third kappa shape index (κ3) is 9.24. The third-order valence-corrected chi connectivity index (χ3v) is 11.2. The number of oxime groups is 1. The number of ether oxygens (including phenoxy) is 6. The first kappa shape index (κ1) is 42.8. The van der Waals surface area contributed by atoms with Crippen LogP contribution in [0.15, 0.2) is 65.9 Å². The summed E-state index contributed by atoms with van der Waals surface area (Å²) in [5.41, 5.74) is 2.50. The van der Waals surface area contributed by atoms with Gasteiger partial charge < -0.3 is 48.8 Å². The van der Waals surface area contributed by atoms with Crippen LogP contribution in [0.4, 0.5) is 9.59 Å². The Morgan fingerprint density at radius 1 is 1.03 bits per heavy atom. The largest absolute Gasteiger partial charge is 0.459 e. The first-order valence-corrected chi connectivity index (χ1v) is 20.4. The van der Waals surface area contributed by atoms with E-state index in [9.17, 15) is 19.8 Å². The van der Waals surface area contributed by atoms with Crippen molar-refractivity contribution < 1.29 is 53.1 Å². The van der Waals surface area contributed by atoms with Crippen LogP contribution in [0.3, 0.4) is 0 Å². The lowest BCUT2D eigenvalue weighted by Gasteiger charge is -2.59. The number of nitrogens with zero attached hydrogens (tertiary/aromatic N) is 2. The minimum Gasteiger partial charge on any atom is -0.459 e. The van der Waals surface area contributed by atoms with E-state index in [4.69, 9.17) is 38.4 Å². The van der Waals surface area contributed by atoms with Gasteiger partial charge in [0, 0.05) is 44.2 Å². The Balaban J connectivity index is 1.60. The SMILES string of the molecule is C=CCOC12Oc3ccc(OC(=O)NCC)cc3C3C(CCCCO)C(CCCCO)C=C(C(=NOC(C)(C)C)CC1N(Cc1ccc4c(c1)OCO4)C(=O)OC)C32. The number of hydrogen-bond acceptors (Lipinski definition) is 12. The average Bonchev–Trinajstić information content (AvgIpc) is 3.67. The number of rotatable bonds is 17. The van der Waals surface area contributed by atoms with Crippen LogP contribution >= 0.6 is 0 Å². The fourth-order valence-corrected chi connectivity index (χ4v) is 8.85. The van der Waals surface area contributed by atoms with Crippen LogP contribution in [-0.2, 0) is 20.9 Å². The number of hydrogen-bond donors (Lipinski definition) is 3. The summed E-state index contributed by atoms with van der Waals surface area (Å²) in [7, 11) is 1.35. The van der Waals surface area contributed by atoms with Gasteiger partial charge in [-0.25, -0.2) is 9.59 Å². The summed E-state index contributed by atoms with van der Waals surface area (Å²) in [4.78, 5) is 34.8. The predicted molar refractivity (Wildman–Crippen MR) is 216 cm³/mol. The van der Waals surface area contributed by atoms with Gasteiger partial charge >= 0.3 is 12.2 Å². The van der Waals surface area contributed by atoms with Gasteiger partial charge in [0.2, 0.25) is 12.6 Å². The molecule has 2 aromatic carbocycles. The number of unbranched alkanes of at least 4 members (excludes halogenated alkanes) is 2. The van der Waals surface area contributed by atoms with Crippen LogP contribution in [0, 0.1) is 17.8 Å². The summed E-state index contributed by atoms with van der Waals surface area (Å²) in [5, 5.41) is 27.3. The Bertz CT molecular complexity index is 1840. The molecule has 0 aromatic heterocycles. The number of methoxy groups -OCH3 is 1. The van der Waals surface area contributed by atoms with Crippen LogP contribution < -0.4 is 24.3 Å². The molecule has 1 fully saturated rings. The number of carbonyl (C=O) groups is 2. The van der Waals surface area contributed by atoms with Crippen molar-refractivity contribution in [3.8, 4) is 23.0 Å². The van der Waals surface area contributed by atoms with Crippen molar-refractivity contribution >= 4 is 17.9 Å². The Morgan fingerprint density at radius 2 is 1.78 bits per heavy atom. The predicted octanol–water partition coefficient (Wildman–Crippen LogP) is 7.22. The molecular formula is C44H59N3O11. The van der Waals surface area contributed by atoms with Gasteiger partial charge in [-0.3, -0.25) is 4.90 Å². The quantitative estimate of drug-likeness (QED) is 0.0839. The highest BCUT2D eigenvalue weighted by atomic mass is 16.7. The topological polar surface area (TPSA) is 167 Å². The van der Waals surface area contributed by atoms with E-state index >= 15 is 0 Å². The molecule has 6 rings (SSSR count). The molecule has 1 saturated carbocycles. The first-order chi connectivity index (χ1) is 28.0. The molecule has 14 nitrogen and oxygen atoms in total. The number of carbonyl (C=O) groups excluding carboxylic acids is 2. The minimum atomic E-state index is -1.50. The maximum atomic E-state index is 14.2. The molecule has 2 heterocycles. The fourth-order valence-electron chi connectivity index (χ4n) is 8.85. The molecule has 4 aliphatic rings. The van der Waals surface area contributed by atoms with E-state index in [1.165, 1.54) is 7.11 Å². The van der Waals surface area contributed by atoms with Crippen LogP contribution in [-0.4, -0.2) is 90.7 Å². The second kappa shape index (κ2) is 18.9. The summed E-state index contributed by atoms with van der Waals surface area (Å²) in [6.45, 7) is 12.5. The van der Waals surface area contributed by atoms with Gasteiger partial charge in [-0.05, 0) is 107 Å². The second-order valence-electron chi connectivity index (χ2n) is 16.2. The average molecular weight is 806 g/mol. The van der Waals surface area contributed by atoms with Crippen LogP contribution in [0.2, 0.25) is 0 Å². The summed E-state index contributed by atoms with van der Waals surface area (Å²) < 4.78 is 36.8. The summed E-state index contributed by atoms with van der Waals surface area (Å²) in [5.74, 6) is -0.282. The Kier molecular flexibility index (Phi) is 13.9. The molecule has 2 aliphatic carbocycles. The highest BCUT2D eigenvalue weighted by Gasteiger charge is 2.65. The molecule has 58 heavy (non-hydrogen) atoms. The Hall–Kier alpha value is -4.79. The third-order valence-electron chi connectivity index (χ3n) is 11.2. The molecule has 0 spiro atoms. The molecule has 0 bridgehead atoms. The maximum Gasteiger partial charge on any atom is 0.412 e. The maximum absolute atomic E-state index is 14.2. The molecule has 2 aliphatic heterocycles. The zero-order valence-electron chi connectivity index (χ0n) is 34.4. The minimum absolute atomic E-state index is 0.0166. The fraction of sp³-hybridized carbons (Fsp3) is 0.568. The monoisotopic (exact) mass is 805 g/mol. The Morgan fingerprint density at radius 3 is 2.48 bits per heavy atom. The zero-order chi connectivity index (χ0) is 41.5. The molecule has 0 radical (unpaired) electrons. The van der Waals surface area contributed by atoms with Crippen molar-refractivity contribution in [1.29, 1.82) is 0 Å². The van der Waals surface area contributed by atoms with Crippen molar-refractivity contribution in [3.05, 3.63) is 71.8 Å².